The molecule has 5 heteroatoms. The number of urea groups is 1. The summed E-state index contributed by atoms with van der Waals surface area (Å²) in [6.07, 6.45) is 0. The van der Waals surface area contributed by atoms with Gasteiger partial charge in [0.2, 0.25) is 0 Å². The summed E-state index contributed by atoms with van der Waals surface area (Å²) in [7, 11) is 3.12. The Kier molecular flexibility index (Phi) is 4.88. The molecule has 0 aliphatic rings. The molecule has 0 spiro atoms. The summed E-state index contributed by atoms with van der Waals surface area (Å²) in [5.74, 6) is 1.21. The quantitative estimate of drug-likeness (QED) is 0.898. The molecule has 2 rings (SSSR count). The van der Waals surface area contributed by atoms with Gasteiger partial charge < -0.3 is 20.1 Å². The molecule has 0 radical (unpaired) electrons. The van der Waals surface area contributed by atoms with Gasteiger partial charge >= 0.3 is 6.03 Å². The van der Waals surface area contributed by atoms with Crippen molar-refractivity contribution in [3.05, 3.63) is 47.5 Å². The molecule has 116 valence electrons. The Hall–Kier alpha value is -2.69. The maximum Gasteiger partial charge on any atom is 0.323 e. The summed E-state index contributed by atoms with van der Waals surface area (Å²) in [5, 5.41) is 5.62. The van der Waals surface area contributed by atoms with E-state index >= 15 is 0 Å². The highest BCUT2D eigenvalue weighted by atomic mass is 16.5. The number of carbonyl (C=O) groups is 1. The summed E-state index contributed by atoms with van der Waals surface area (Å²) in [4.78, 5) is 12.2. The highest BCUT2D eigenvalue weighted by Crippen LogP contribution is 2.29. The van der Waals surface area contributed by atoms with E-state index in [2.05, 4.69) is 10.6 Å². The van der Waals surface area contributed by atoms with Crippen LogP contribution in [-0.2, 0) is 0 Å². The number of carbonyl (C=O) groups excluding carboxylic acids is 1. The van der Waals surface area contributed by atoms with E-state index in [1.165, 1.54) is 0 Å². The van der Waals surface area contributed by atoms with Crippen LogP contribution in [0.2, 0.25) is 0 Å². The summed E-state index contributed by atoms with van der Waals surface area (Å²) in [6, 6.07) is 10.8. The van der Waals surface area contributed by atoms with Crippen LogP contribution in [0.15, 0.2) is 36.4 Å². The molecule has 0 fully saturated rings. The van der Waals surface area contributed by atoms with Crippen LogP contribution >= 0.6 is 0 Å². The van der Waals surface area contributed by atoms with Gasteiger partial charge in [0.05, 0.1) is 19.9 Å². The van der Waals surface area contributed by atoms with Gasteiger partial charge in [-0.25, -0.2) is 4.79 Å². The molecule has 2 N–H and O–H groups in total. The SMILES string of the molecule is COc1ccc(OC)c(NC(=O)Nc2cc(C)ccc2C)c1. The number of anilines is 2. The average Bonchev–Trinajstić information content (AvgIpc) is 2.50. The molecule has 0 unspecified atom stereocenters. The molecular weight excluding hydrogens is 280 g/mol. The molecule has 0 saturated carbocycles. The van der Waals surface area contributed by atoms with Gasteiger partial charge in [0, 0.05) is 11.8 Å². The minimum Gasteiger partial charge on any atom is -0.497 e. The first-order valence-corrected chi connectivity index (χ1v) is 6.90. The fourth-order valence-electron chi connectivity index (χ4n) is 2.06. The molecule has 0 aliphatic heterocycles. The molecule has 2 amide bonds. The van der Waals surface area contributed by atoms with Crippen molar-refractivity contribution in [3.8, 4) is 11.5 Å². The summed E-state index contributed by atoms with van der Waals surface area (Å²) in [5.41, 5.74) is 3.40. The van der Waals surface area contributed by atoms with E-state index < -0.39 is 0 Å². The van der Waals surface area contributed by atoms with Gasteiger partial charge in [0.25, 0.3) is 0 Å². The van der Waals surface area contributed by atoms with Crippen molar-refractivity contribution >= 4 is 17.4 Å². The molecule has 0 saturated heterocycles. The minimum atomic E-state index is -0.333. The lowest BCUT2D eigenvalue weighted by Gasteiger charge is -2.13. The highest BCUT2D eigenvalue weighted by Gasteiger charge is 2.10. The zero-order chi connectivity index (χ0) is 16.1. The van der Waals surface area contributed by atoms with Crippen molar-refractivity contribution in [1.29, 1.82) is 0 Å². The van der Waals surface area contributed by atoms with Crippen molar-refractivity contribution in [2.24, 2.45) is 0 Å². The van der Waals surface area contributed by atoms with Crippen LogP contribution in [-0.4, -0.2) is 20.3 Å². The Balaban J connectivity index is 2.16. The van der Waals surface area contributed by atoms with Crippen LogP contribution in [0.25, 0.3) is 0 Å². The highest BCUT2D eigenvalue weighted by molar-refractivity contribution is 6.01. The molecule has 2 aromatic carbocycles. The lowest BCUT2D eigenvalue weighted by atomic mass is 10.1. The Morgan fingerprint density at radius 3 is 2.32 bits per heavy atom. The van der Waals surface area contributed by atoms with Gasteiger partial charge in [0.1, 0.15) is 11.5 Å². The van der Waals surface area contributed by atoms with Crippen LogP contribution in [0.4, 0.5) is 16.2 Å². The topological polar surface area (TPSA) is 59.6 Å². The zero-order valence-electron chi connectivity index (χ0n) is 13.2. The number of rotatable bonds is 4. The van der Waals surface area contributed by atoms with E-state index in [0.717, 1.165) is 16.8 Å². The summed E-state index contributed by atoms with van der Waals surface area (Å²) < 4.78 is 10.4. The number of benzene rings is 2. The number of ether oxygens (including phenoxy) is 2. The van der Waals surface area contributed by atoms with Crippen LogP contribution in [0.1, 0.15) is 11.1 Å². The predicted molar refractivity (Wildman–Crippen MR) is 88.1 cm³/mol. The van der Waals surface area contributed by atoms with Crippen LogP contribution in [0.3, 0.4) is 0 Å². The first-order chi connectivity index (χ1) is 10.5. The van der Waals surface area contributed by atoms with Crippen molar-refractivity contribution in [1.82, 2.24) is 0 Å². The normalized spacial score (nSPS) is 10.0. The molecule has 0 bridgehead atoms. The molecular formula is C17H20N2O3. The van der Waals surface area contributed by atoms with Crippen LogP contribution in [0.5, 0.6) is 11.5 Å². The Labute approximate surface area is 130 Å². The largest absolute Gasteiger partial charge is 0.497 e. The molecule has 5 nitrogen and oxygen atoms in total. The first-order valence-electron chi connectivity index (χ1n) is 6.90. The zero-order valence-corrected chi connectivity index (χ0v) is 13.2. The fourth-order valence-corrected chi connectivity index (χ4v) is 2.06. The minimum absolute atomic E-state index is 0.333. The number of methoxy groups -OCH3 is 2. The van der Waals surface area contributed by atoms with Crippen LogP contribution in [0, 0.1) is 13.8 Å². The summed E-state index contributed by atoms with van der Waals surface area (Å²) in [6.45, 7) is 3.93. The molecule has 22 heavy (non-hydrogen) atoms. The standard InChI is InChI=1S/C17H20N2O3/c1-11-5-6-12(2)14(9-11)18-17(20)19-15-10-13(21-3)7-8-16(15)22-4/h5-10H,1-4H3,(H2,18,19,20). The maximum absolute atomic E-state index is 12.2. The van der Waals surface area contributed by atoms with E-state index in [1.54, 1.807) is 32.4 Å². The molecule has 2 aromatic rings. The van der Waals surface area contributed by atoms with Crippen molar-refractivity contribution in [2.45, 2.75) is 13.8 Å². The molecule has 0 aromatic heterocycles. The average molecular weight is 300 g/mol. The van der Waals surface area contributed by atoms with Gasteiger partial charge in [-0.15, -0.1) is 0 Å². The van der Waals surface area contributed by atoms with E-state index in [1.807, 2.05) is 32.0 Å². The van der Waals surface area contributed by atoms with E-state index in [-0.39, 0.29) is 6.03 Å². The summed E-state index contributed by atoms with van der Waals surface area (Å²) >= 11 is 0. The van der Waals surface area contributed by atoms with Crippen molar-refractivity contribution in [3.63, 3.8) is 0 Å². The smallest absolute Gasteiger partial charge is 0.323 e. The lowest BCUT2D eigenvalue weighted by Crippen LogP contribution is -2.20. The maximum atomic E-state index is 12.2. The van der Waals surface area contributed by atoms with Gasteiger partial charge in [-0.3, -0.25) is 0 Å². The number of aryl methyl sites for hydroxylation is 2. The molecule has 0 aliphatic carbocycles. The predicted octanol–water partition coefficient (Wildman–Crippen LogP) is 3.96. The number of hydrogen-bond donors (Lipinski definition) is 2. The third-order valence-electron chi connectivity index (χ3n) is 3.30. The van der Waals surface area contributed by atoms with Gasteiger partial charge in [0.15, 0.2) is 0 Å². The van der Waals surface area contributed by atoms with Crippen LogP contribution < -0.4 is 20.1 Å². The molecule has 0 heterocycles. The lowest BCUT2D eigenvalue weighted by molar-refractivity contribution is 0.262. The molecule has 0 atom stereocenters. The number of nitrogens with one attached hydrogen (secondary N) is 2. The first kappa shape index (κ1) is 15.7. The van der Waals surface area contributed by atoms with E-state index in [4.69, 9.17) is 9.47 Å². The second kappa shape index (κ2) is 6.85. The van der Waals surface area contributed by atoms with Gasteiger partial charge in [-0.05, 0) is 43.2 Å². The van der Waals surface area contributed by atoms with Gasteiger partial charge in [-0.2, -0.15) is 0 Å². The van der Waals surface area contributed by atoms with Crippen molar-refractivity contribution in [2.75, 3.05) is 24.9 Å². The Morgan fingerprint density at radius 1 is 0.909 bits per heavy atom. The third kappa shape index (κ3) is 3.69. The van der Waals surface area contributed by atoms with Gasteiger partial charge in [-0.1, -0.05) is 12.1 Å². The second-order valence-corrected chi connectivity index (χ2v) is 4.96. The number of amides is 2. The van der Waals surface area contributed by atoms with Crippen molar-refractivity contribution < 1.29 is 14.3 Å². The Morgan fingerprint density at radius 2 is 1.64 bits per heavy atom. The third-order valence-corrected chi connectivity index (χ3v) is 3.30. The second-order valence-electron chi connectivity index (χ2n) is 4.96. The Bertz CT molecular complexity index is 684. The monoisotopic (exact) mass is 300 g/mol. The van der Waals surface area contributed by atoms with E-state index in [0.29, 0.717) is 17.2 Å². The fraction of sp³-hybridized carbons (Fsp3) is 0.235. The number of hydrogen-bond acceptors (Lipinski definition) is 3. The van der Waals surface area contributed by atoms with E-state index in [9.17, 15) is 4.79 Å².